The molecule has 0 saturated carbocycles. The number of aliphatic carboxylic acids is 1. The number of hydrogen-bond acceptors (Lipinski definition) is 5. The molecule has 0 atom stereocenters. The highest BCUT2D eigenvalue weighted by Crippen LogP contribution is 2.18. The lowest BCUT2D eigenvalue weighted by molar-refractivity contribution is -0.133. The van der Waals surface area contributed by atoms with E-state index in [1.165, 1.54) is 23.3 Å². The molecule has 0 aromatic carbocycles. The Morgan fingerprint density at radius 2 is 2.55 bits per heavy atom. The summed E-state index contributed by atoms with van der Waals surface area (Å²) in [4.78, 5) is 14.1. The molecule has 0 aliphatic heterocycles. The molecule has 0 fully saturated rings. The van der Waals surface area contributed by atoms with Crippen LogP contribution >= 0.6 is 23.3 Å². The van der Waals surface area contributed by atoms with E-state index in [-0.39, 0.29) is 5.75 Å². The van der Waals surface area contributed by atoms with Gasteiger partial charge in [-0.1, -0.05) is 11.8 Å². The maximum atomic E-state index is 10.1. The van der Waals surface area contributed by atoms with Crippen LogP contribution in [0.25, 0.3) is 0 Å². The lowest BCUT2D eigenvalue weighted by atomic mass is 10.8. The van der Waals surface area contributed by atoms with Crippen LogP contribution in [-0.4, -0.2) is 26.2 Å². The van der Waals surface area contributed by atoms with E-state index in [1.807, 2.05) is 0 Å². The van der Waals surface area contributed by atoms with Crippen LogP contribution < -0.4 is 0 Å². The molecule has 1 aromatic rings. The molecule has 0 aliphatic rings. The van der Waals surface area contributed by atoms with Gasteiger partial charge in [0.25, 0.3) is 0 Å². The van der Waals surface area contributed by atoms with Crippen molar-refractivity contribution >= 4 is 29.3 Å². The Hall–Kier alpha value is -0.620. The second kappa shape index (κ2) is 3.68. The van der Waals surface area contributed by atoms with Crippen LogP contribution in [0.4, 0.5) is 0 Å². The van der Waals surface area contributed by atoms with Crippen LogP contribution in [0.5, 0.6) is 0 Å². The van der Waals surface area contributed by atoms with Gasteiger partial charge in [0, 0.05) is 0 Å². The molecule has 0 unspecified atom stereocenters. The number of aryl methyl sites for hydroxylation is 1. The third-order valence-electron chi connectivity index (χ3n) is 0.828. The summed E-state index contributed by atoms with van der Waals surface area (Å²) >= 11 is 2.42. The topological polar surface area (TPSA) is 63.1 Å². The number of thioether (sulfide) groups is 1. The number of aromatic nitrogens is 2. The predicted octanol–water partition coefficient (Wildman–Crippen LogP) is 1.02. The van der Waals surface area contributed by atoms with E-state index in [1.54, 1.807) is 6.92 Å². The number of carboxylic acids is 1. The average molecular weight is 190 g/mol. The standard InChI is InChI=1S/C5H6N2O2S2/c1-3-6-5(11-7-3)10-2-4(8)9/h2H2,1H3,(H,8,9). The van der Waals surface area contributed by atoms with Gasteiger partial charge < -0.3 is 5.11 Å². The van der Waals surface area contributed by atoms with Crippen molar-refractivity contribution in [3.05, 3.63) is 5.82 Å². The molecule has 11 heavy (non-hydrogen) atoms. The van der Waals surface area contributed by atoms with Gasteiger partial charge >= 0.3 is 5.97 Å². The van der Waals surface area contributed by atoms with Gasteiger partial charge in [0.15, 0.2) is 4.34 Å². The summed E-state index contributed by atoms with van der Waals surface area (Å²) in [6.07, 6.45) is 0. The highest BCUT2D eigenvalue weighted by atomic mass is 32.2. The Bertz CT molecular complexity index is 261. The molecular formula is C5H6N2O2S2. The molecule has 1 heterocycles. The van der Waals surface area contributed by atoms with Crippen LogP contribution in [0.15, 0.2) is 4.34 Å². The van der Waals surface area contributed by atoms with Crippen molar-refractivity contribution in [3.63, 3.8) is 0 Å². The van der Waals surface area contributed by atoms with E-state index in [2.05, 4.69) is 9.36 Å². The van der Waals surface area contributed by atoms with E-state index in [4.69, 9.17) is 5.11 Å². The van der Waals surface area contributed by atoms with E-state index in [0.717, 1.165) is 0 Å². The fourth-order valence-corrected chi connectivity index (χ4v) is 1.83. The molecule has 60 valence electrons. The molecule has 4 nitrogen and oxygen atoms in total. The van der Waals surface area contributed by atoms with Crippen LogP contribution in [0, 0.1) is 6.92 Å². The average Bonchev–Trinajstić information content (AvgIpc) is 2.31. The Morgan fingerprint density at radius 1 is 1.82 bits per heavy atom. The number of rotatable bonds is 3. The molecule has 0 bridgehead atoms. The van der Waals surface area contributed by atoms with Crippen molar-refractivity contribution in [2.45, 2.75) is 11.3 Å². The second-order valence-corrected chi connectivity index (χ2v) is 3.76. The highest BCUT2D eigenvalue weighted by molar-refractivity contribution is 8.01. The molecule has 0 aliphatic carbocycles. The largest absolute Gasteiger partial charge is 0.481 e. The molecule has 1 N–H and O–H groups in total. The minimum atomic E-state index is -0.831. The fourth-order valence-electron chi connectivity index (χ4n) is 0.460. The van der Waals surface area contributed by atoms with E-state index in [9.17, 15) is 4.79 Å². The van der Waals surface area contributed by atoms with Crippen molar-refractivity contribution in [2.75, 3.05) is 5.75 Å². The second-order valence-electron chi connectivity index (χ2n) is 1.79. The Balaban J connectivity index is 2.45. The van der Waals surface area contributed by atoms with Crippen molar-refractivity contribution in [3.8, 4) is 0 Å². The number of hydrogen-bond donors (Lipinski definition) is 1. The zero-order valence-electron chi connectivity index (χ0n) is 5.77. The molecule has 6 heteroatoms. The maximum absolute atomic E-state index is 10.1. The normalized spacial score (nSPS) is 9.91. The van der Waals surface area contributed by atoms with Crippen molar-refractivity contribution in [1.82, 2.24) is 9.36 Å². The predicted molar refractivity (Wildman–Crippen MR) is 43.0 cm³/mol. The fraction of sp³-hybridized carbons (Fsp3) is 0.400. The monoisotopic (exact) mass is 190 g/mol. The van der Waals surface area contributed by atoms with Gasteiger partial charge in [0.2, 0.25) is 0 Å². The Kier molecular flexibility index (Phi) is 2.84. The van der Waals surface area contributed by atoms with Gasteiger partial charge in [-0.15, -0.1) is 0 Å². The van der Waals surface area contributed by atoms with Crippen molar-refractivity contribution in [1.29, 1.82) is 0 Å². The summed E-state index contributed by atoms with van der Waals surface area (Å²) in [7, 11) is 0. The highest BCUT2D eigenvalue weighted by Gasteiger charge is 2.03. The van der Waals surface area contributed by atoms with Gasteiger partial charge in [-0.2, -0.15) is 4.37 Å². The lowest BCUT2D eigenvalue weighted by Crippen LogP contribution is -1.96. The van der Waals surface area contributed by atoms with Crippen LogP contribution in [0.3, 0.4) is 0 Å². The first-order valence-electron chi connectivity index (χ1n) is 2.83. The molecule has 1 rings (SSSR count). The minimum Gasteiger partial charge on any atom is -0.481 e. The van der Waals surface area contributed by atoms with Gasteiger partial charge in [0.1, 0.15) is 5.82 Å². The third kappa shape index (κ3) is 2.85. The molecule has 0 radical (unpaired) electrons. The lowest BCUT2D eigenvalue weighted by Gasteiger charge is -1.87. The Morgan fingerprint density at radius 3 is 3.00 bits per heavy atom. The zero-order chi connectivity index (χ0) is 8.27. The number of carboxylic acid groups (broad SMARTS) is 1. The summed E-state index contributed by atoms with van der Waals surface area (Å²) in [6.45, 7) is 1.78. The van der Waals surface area contributed by atoms with Crippen LogP contribution in [0.1, 0.15) is 5.82 Å². The van der Waals surface area contributed by atoms with Gasteiger partial charge in [-0.25, -0.2) is 4.98 Å². The minimum absolute atomic E-state index is 0.0502. The van der Waals surface area contributed by atoms with Crippen LogP contribution in [0.2, 0.25) is 0 Å². The number of nitrogens with zero attached hydrogens (tertiary/aromatic N) is 2. The van der Waals surface area contributed by atoms with Gasteiger partial charge in [0.05, 0.1) is 5.75 Å². The molecule has 0 amide bonds. The quantitative estimate of drug-likeness (QED) is 0.721. The SMILES string of the molecule is Cc1nsc(SCC(=O)O)n1. The molecular weight excluding hydrogens is 184 g/mol. The van der Waals surface area contributed by atoms with Gasteiger partial charge in [-0.05, 0) is 18.5 Å². The van der Waals surface area contributed by atoms with E-state index in [0.29, 0.717) is 10.2 Å². The smallest absolute Gasteiger partial charge is 0.313 e. The summed E-state index contributed by atoms with van der Waals surface area (Å²) < 4.78 is 4.62. The number of carbonyl (C=O) groups is 1. The van der Waals surface area contributed by atoms with Crippen molar-refractivity contribution in [2.24, 2.45) is 0 Å². The molecule has 0 saturated heterocycles. The van der Waals surface area contributed by atoms with E-state index >= 15 is 0 Å². The third-order valence-corrected chi connectivity index (χ3v) is 2.74. The summed E-state index contributed by atoms with van der Waals surface area (Å²) in [5.41, 5.74) is 0. The first kappa shape index (κ1) is 8.48. The maximum Gasteiger partial charge on any atom is 0.313 e. The Labute approximate surface area is 71.8 Å². The molecule has 1 aromatic heterocycles. The summed E-state index contributed by atoms with van der Waals surface area (Å²) in [5, 5.41) is 8.32. The van der Waals surface area contributed by atoms with E-state index < -0.39 is 5.97 Å². The summed E-state index contributed by atoms with van der Waals surface area (Å²) in [5.74, 6) is -0.0833. The molecule has 0 spiro atoms. The van der Waals surface area contributed by atoms with Gasteiger partial charge in [-0.3, -0.25) is 4.79 Å². The zero-order valence-corrected chi connectivity index (χ0v) is 7.41. The van der Waals surface area contributed by atoms with Crippen molar-refractivity contribution < 1.29 is 9.90 Å². The summed E-state index contributed by atoms with van der Waals surface area (Å²) in [6, 6.07) is 0. The first-order valence-corrected chi connectivity index (χ1v) is 4.59. The first-order chi connectivity index (χ1) is 5.18. The van der Waals surface area contributed by atoms with Crippen LogP contribution in [-0.2, 0) is 4.79 Å².